The molecule has 1 atom stereocenters. The Morgan fingerprint density at radius 1 is 0.938 bits per heavy atom. The minimum Gasteiger partial charge on any atom is -0.341 e. The van der Waals surface area contributed by atoms with E-state index in [1.54, 1.807) is 4.90 Å². The van der Waals surface area contributed by atoms with Crippen molar-refractivity contribution in [3.8, 4) is 0 Å². The highest BCUT2D eigenvalue weighted by atomic mass is 19.4. The highest BCUT2D eigenvalue weighted by Gasteiger charge is 2.37. The van der Waals surface area contributed by atoms with Gasteiger partial charge in [-0.2, -0.15) is 26.3 Å². The predicted molar refractivity (Wildman–Crippen MR) is 105 cm³/mol. The molecule has 0 aromatic heterocycles. The summed E-state index contributed by atoms with van der Waals surface area (Å²) in [4.78, 5) is 26.6. The summed E-state index contributed by atoms with van der Waals surface area (Å²) in [5.41, 5.74) is -3.51. The Morgan fingerprint density at radius 2 is 1.53 bits per heavy atom. The van der Waals surface area contributed by atoms with E-state index in [-0.39, 0.29) is 30.4 Å². The first-order valence-corrected chi connectivity index (χ1v) is 10.5. The van der Waals surface area contributed by atoms with Crippen LogP contribution in [0, 0.1) is 5.92 Å². The van der Waals surface area contributed by atoms with E-state index in [0.717, 1.165) is 25.8 Å². The number of hydrogen-bond donors (Lipinski definition) is 2. The molecule has 0 saturated carbocycles. The van der Waals surface area contributed by atoms with Crippen LogP contribution >= 0.6 is 0 Å². The zero-order chi connectivity index (χ0) is 23.5. The molecule has 5 nitrogen and oxygen atoms in total. The summed E-state index contributed by atoms with van der Waals surface area (Å²) in [5, 5.41) is 5.37. The largest absolute Gasteiger partial charge is 0.416 e. The van der Waals surface area contributed by atoms with Crippen LogP contribution in [-0.4, -0.2) is 42.4 Å². The third-order valence-corrected chi connectivity index (χ3v) is 5.88. The van der Waals surface area contributed by atoms with E-state index in [0.29, 0.717) is 38.1 Å². The van der Waals surface area contributed by atoms with Crippen molar-refractivity contribution in [3.05, 3.63) is 29.3 Å². The van der Waals surface area contributed by atoms with Gasteiger partial charge in [0.15, 0.2) is 0 Å². The lowest BCUT2D eigenvalue weighted by Crippen LogP contribution is -2.50. The van der Waals surface area contributed by atoms with E-state index in [1.165, 1.54) is 0 Å². The number of alkyl halides is 6. The number of amides is 2. The van der Waals surface area contributed by atoms with Gasteiger partial charge in [-0.05, 0) is 56.3 Å². The molecule has 3 rings (SSSR count). The van der Waals surface area contributed by atoms with Crippen molar-refractivity contribution in [1.82, 2.24) is 10.2 Å². The first-order valence-electron chi connectivity index (χ1n) is 10.5. The van der Waals surface area contributed by atoms with Gasteiger partial charge in [0.25, 0.3) is 0 Å². The van der Waals surface area contributed by atoms with Gasteiger partial charge in [-0.25, -0.2) is 0 Å². The fourth-order valence-corrected chi connectivity index (χ4v) is 4.14. The first kappa shape index (κ1) is 24.3. The van der Waals surface area contributed by atoms with Crippen LogP contribution in [0.15, 0.2) is 18.2 Å². The van der Waals surface area contributed by atoms with Crippen molar-refractivity contribution in [2.24, 2.45) is 5.92 Å². The summed E-state index contributed by atoms with van der Waals surface area (Å²) in [7, 11) is 0. The van der Waals surface area contributed by atoms with Crippen molar-refractivity contribution in [2.75, 3.05) is 25.0 Å². The number of hydrogen-bond acceptors (Lipinski definition) is 3. The molecule has 11 heteroatoms. The zero-order valence-corrected chi connectivity index (χ0v) is 17.3. The van der Waals surface area contributed by atoms with Crippen molar-refractivity contribution in [1.29, 1.82) is 0 Å². The minimum absolute atomic E-state index is 0.0174. The van der Waals surface area contributed by atoms with Crippen LogP contribution in [0.1, 0.15) is 49.7 Å². The molecule has 0 bridgehead atoms. The number of halogens is 6. The van der Waals surface area contributed by atoms with Gasteiger partial charge in [-0.1, -0.05) is 6.42 Å². The quantitative estimate of drug-likeness (QED) is 0.647. The zero-order valence-electron chi connectivity index (χ0n) is 17.3. The number of carbonyl (C=O) groups is 2. The Balaban J connectivity index is 1.56. The van der Waals surface area contributed by atoms with Gasteiger partial charge in [0.05, 0.1) is 17.2 Å². The molecule has 2 aliphatic heterocycles. The molecule has 1 aromatic carbocycles. The van der Waals surface area contributed by atoms with Crippen LogP contribution in [0.3, 0.4) is 0 Å². The molecule has 178 valence electrons. The average Bonchev–Trinajstić information content (AvgIpc) is 2.73. The van der Waals surface area contributed by atoms with Crippen LogP contribution in [0.4, 0.5) is 32.0 Å². The second-order valence-electron chi connectivity index (χ2n) is 8.32. The molecule has 2 fully saturated rings. The van der Waals surface area contributed by atoms with Crippen LogP contribution < -0.4 is 10.6 Å². The molecule has 0 radical (unpaired) electrons. The Hall–Kier alpha value is -2.30. The number of benzene rings is 1. The van der Waals surface area contributed by atoms with E-state index in [2.05, 4.69) is 10.6 Å². The second kappa shape index (κ2) is 9.68. The summed E-state index contributed by atoms with van der Waals surface area (Å²) >= 11 is 0. The molecule has 2 saturated heterocycles. The molecule has 32 heavy (non-hydrogen) atoms. The molecular formula is C21H25F6N3O2. The lowest BCUT2D eigenvalue weighted by Gasteiger charge is -2.35. The summed E-state index contributed by atoms with van der Waals surface area (Å²) in [6, 6.07) is 0.813. The number of carbonyl (C=O) groups excluding carboxylic acids is 2. The van der Waals surface area contributed by atoms with E-state index in [9.17, 15) is 35.9 Å². The number of likely N-dealkylation sites (tertiary alicyclic amines) is 1. The van der Waals surface area contributed by atoms with Crippen LogP contribution in [0.2, 0.25) is 0 Å². The lowest BCUT2D eigenvalue weighted by molar-refractivity contribution is -0.143. The lowest BCUT2D eigenvalue weighted by atomic mass is 9.92. The smallest absolute Gasteiger partial charge is 0.341 e. The van der Waals surface area contributed by atoms with Gasteiger partial charge in [-0.15, -0.1) is 0 Å². The number of rotatable bonds is 4. The summed E-state index contributed by atoms with van der Waals surface area (Å²) < 4.78 is 77.8. The summed E-state index contributed by atoms with van der Waals surface area (Å²) in [6.45, 7) is 1.74. The van der Waals surface area contributed by atoms with E-state index < -0.39 is 35.1 Å². The Morgan fingerprint density at radius 3 is 2.03 bits per heavy atom. The molecule has 0 spiro atoms. The highest BCUT2D eigenvalue weighted by molar-refractivity contribution is 5.91. The maximum absolute atomic E-state index is 13.0. The maximum Gasteiger partial charge on any atom is 0.416 e. The van der Waals surface area contributed by atoms with Gasteiger partial charge in [0.2, 0.25) is 11.8 Å². The second-order valence-corrected chi connectivity index (χ2v) is 8.32. The van der Waals surface area contributed by atoms with E-state index in [4.69, 9.17) is 0 Å². The van der Waals surface area contributed by atoms with Crippen molar-refractivity contribution >= 4 is 17.5 Å². The topological polar surface area (TPSA) is 61.4 Å². The monoisotopic (exact) mass is 465 g/mol. The third kappa shape index (κ3) is 6.36. The predicted octanol–water partition coefficient (Wildman–Crippen LogP) is 4.43. The standard InChI is InChI=1S/C21H25F6N3O2/c22-20(23,24)14-10-15(21(25,26)27)12-16(11-14)29-18(31)9-13-4-7-30(8-5-13)19(32)17-3-1-2-6-28-17/h10-13,17,28H,1-9H2,(H,29,31)/t17-/m0/s1. The maximum atomic E-state index is 13.0. The fourth-order valence-electron chi connectivity index (χ4n) is 4.14. The van der Waals surface area contributed by atoms with E-state index in [1.807, 2.05) is 0 Å². The van der Waals surface area contributed by atoms with Gasteiger partial charge < -0.3 is 15.5 Å². The van der Waals surface area contributed by atoms with Crippen molar-refractivity contribution in [2.45, 2.75) is 56.9 Å². The number of anilines is 1. The molecule has 0 aliphatic carbocycles. The van der Waals surface area contributed by atoms with Crippen molar-refractivity contribution in [3.63, 3.8) is 0 Å². The van der Waals surface area contributed by atoms with Gasteiger partial charge in [0, 0.05) is 25.2 Å². The molecule has 2 N–H and O–H groups in total. The molecule has 0 unspecified atom stereocenters. The van der Waals surface area contributed by atoms with Crippen molar-refractivity contribution < 1.29 is 35.9 Å². The molecule has 2 aliphatic rings. The fraction of sp³-hybridized carbons (Fsp3) is 0.619. The Labute approximate surface area is 181 Å². The van der Waals surface area contributed by atoms with Crippen LogP contribution in [0.5, 0.6) is 0 Å². The first-order chi connectivity index (χ1) is 14.9. The molecule has 2 amide bonds. The van der Waals surface area contributed by atoms with E-state index >= 15 is 0 Å². The summed E-state index contributed by atoms with van der Waals surface area (Å²) in [5.74, 6) is -0.723. The third-order valence-electron chi connectivity index (χ3n) is 5.88. The highest BCUT2D eigenvalue weighted by Crippen LogP contribution is 2.37. The molecule has 1 aromatic rings. The number of nitrogens with zero attached hydrogens (tertiary/aromatic N) is 1. The minimum atomic E-state index is -4.98. The summed E-state index contributed by atoms with van der Waals surface area (Å²) in [6.07, 6.45) is -6.09. The number of piperidine rings is 2. The Kier molecular flexibility index (Phi) is 7.36. The SMILES string of the molecule is O=C(CC1CCN(C(=O)[C@@H]2CCCCN2)CC1)Nc1cc(C(F)(F)F)cc(C(F)(F)F)c1. The van der Waals surface area contributed by atoms with Gasteiger partial charge >= 0.3 is 12.4 Å². The normalized spacial score (nSPS) is 20.8. The van der Waals surface area contributed by atoms with Gasteiger partial charge in [0.1, 0.15) is 0 Å². The van der Waals surface area contributed by atoms with Crippen LogP contribution in [0.25, 0.3) is 0 Å². The molecular weight excluding hydrogens is 440 g/mol. The Bertz CT molecular complexity index is 794. The molecule has 2 heterocycles. The number of nitrogens with one attached hydrogen (secondary N) is 2. The van der Waals surface area contributed by atoms with Gasteiger partial charge in [-0.3, -0.25) is 9.59 Å². The van der Waals surface area contributed by atoms with Crippen LogP contribution in [-0.2, 0) is 21.9 Å². The average molecular weight is 465 g/mol.